The minimum atomic E-state index is -0.930. The molecule has 0 aromatic heterocycles. The lowest BCUT2D eigenvalue weighted by Crippen LogP contribution is -2.46. The molecule has 2 amide bonds. The van der Waals surface area contributed by atoms with E-state index >= 15 is 0 Å². The topological polar surface area (TPSA) is 69.6 Å². The fourth-order valence-corrected chi connectivity index (χ4v) is 1.73. The van der Waals surface area contributed by atoms with Gasteiger partial charge in [0.15, 0.2) is 0 Å². The molecule has 5 nitrogen and oxygen atoms in total. The molecule has 0 spiro atoms. The average Bonchev–Trinajstić information content (AvgIpc) is 2.73. The zero-order chi connectivity index (χ0) is 12.0. The number of nitrogens with zero attached hydrogens (tertiary/aromatic N) is 1. The Morgan fingerprint density at radius 3 is 2.94 bits per heavy atom. The molecular weight excluding hydrogens is 208 g/mol. The second kappa shape index (κ2) is 6.01. The first-order valence-electron chi connectivity index (χ1n) is 5.33. The van der Waals surface area contributed by atoms with E-state index in [0.29, 0.717) is 25.9 Å². The van der Waals surface area contributed by atoms with Gasteiger partial charge in [0.2, 0.25) is 0 Å². The van der Waals surface area contributed by atoms with Gasteiger partial charge in [-0.05, 0) is 19.8 Å². The highest BCUT2D eigenvalue weighted by Crippen LogP contribution is 2.16. The van der Waals surface area contributed by atoms with Crippen molar-refractivity contribution >= 4 is 12.0 Å². The number of amides is 2. The van der Waals surface area contributed by atoms with Gasteiger partial charge in [-0.3, -0.25) is 0 Å². The lowest BCUT2D eigenvalue weighted by molar-refractivity contribution is -0.141. The summed E-state index contributed by atoms with van der Waals surface area (Å²) in [6.07, 6.45) is 1.88. The average molecular weight is 224 g/mol. The molecule has 1 aliphatic heterocycles. The predicted octanol–water partition coefficient (Wildman–Crippen LogP) is 0.658. The van der Waals surface area contributed by atoms with Crippen LogP contribution in [0.5, 0.6) is 0 Å². The molecule has 5 heteroatoms. The fraction of sp³-hybridized carbons (Fsp3) is 0.636. The van der Waals surface area contributed by atoms with Crippen molar-refractivity contribution in [3.05, 3.63) is 0 Å². The van der Waals surface area contributed by atoms with Crippen molar-refractivity contribution in [1.29, 1.82) is 0 Å². The quantitative estimate of drug-likeness (QED) is 0.546. The van der Waals surface area contributed by atoms with Crippen molar-refractivity contribution < 1.29 is 14.7 Å². The van der Waals surface area contributed by atoms with Crippen molar-refractivity contribution in [1.82, 2.24) is 10.2 Å². The number of aliphatic carboxylic acids is 1. The van der Waals surface area contributed by atoms with Crippen LogP contribution in [0.2, 0.25) is 0 Å². The molecule has 0 bridgehead atoms. The highest BCUT2D eigenvalue weighted by atomic mass is 16.4. The number of hydrogen-bond acceptors (Lipinski definition) is 2. The molecule has 1 fully saturated rings. The number of carboxylic acids is 1. The normalized spacial score (nSPS) is 18.8. The molecule has 0 aromatic carbocycles. The van der Waals surface area contributed by atoms with Crippen LogP contribution < -0.4 is 5.32 Å². The van der Waals surface area contributed by atoms with Crippen molar-refractivity contribution in [3.8, 4) is 11.8 Å². The van der Waals surface area contributed by atoms with Crippen LogP contribution in [0, 0.1) is 11.8 Å². The SMILES string of the molecule is CC#CCCNC(=O)N1CCC[C@H]1C(=O)O. The molecule has 1 saturated heterocycles. The number of urea groups is 1. The molecule has 1 heterocycles. The lowest BCUT2D eigenvalue weighted by Gasteiger charge is -2.21. The van der Waals surface area contributed by atoms with Crippen molar-refractivity contribution in [3.63, 3.8) is 0 Å². The molecule has 0 unspecified atom stereocenters. The Morgan fingerprint density at radius 2 is 2.31 bits per heavy atom. The second-order valence-electron chi connectivity index (χ2n) is 3.60. The number of carbonyl (C=O) groups is 2. The summed E-state index contributed by atoms with van der Waals surface area (Å²) in [5.74, 6) is 4.63. The third-order valence-electron chi connectivity index (χ3n) is 2.50. The van der Waals surface area contributed by atoms with E-state index in [0.717, 1.165) is 6.42 Å². The fourth-order valence-electron chi connectivity index (χ4n) is 1.73. The van der Waals surface area contributed by atoms with E-state index in [-0.39, 0.29) is 6.03 Å². The predicted molar refractivity (Wildman–Crippen MR) is 58.8 cm³/mol. The Hall–Kier alpha value is -1.70. The standard InChI is InChI=1S/C11H16N2O3/c1-2-3-4-7-12-11(16)13-8-5-6-9(13)10(14)15/h9H,4-8H2,1H3,(H,12,16)(H,14,15)/t9-/m0/s1. The van der Waals surface area contributed by atoms with E-state index in [1.807, 2.05) is 0 Å². The minimum Gasteiger partial charge on any atom is -0.480 e. The largest absolute Gasteiger partial charge is 0.480 e. The van der Waals surface area contributed by atoms with Crippen molar-refractivity contribution in [2.75, 3.05) is 13.1 Å². The number of likely N-dealkylation sites (tertiary alicyclic amines) is 1. The summed E-state index contributed by atoms with van der Waals surface area (Å²) in [5, 5.41) is 11.6. The summed E-state index contributed by atoms with van der Waals surface area (Å²) >= 11 is 0. The van der Waals surface area contributed by atoms with Gasteiger partial charge in [-0.1, -0.05) is 0 Å². The summed E-state index contributed by atoms with van der Waals surface area (Å²) in [6.45, 7) is 2.72. The van der Waals surface area contributed by atoms with Crippen molar-refractivity contribution in [2.24, 2.45) is 0 Å². The maximum absolute atomic E-state index is 11.6. The first-order chi connectivity index (χ1) is 7.66. The number of carbonyl (C=O) groups excluding carboxylic acids is 1. The molecule has 2 N–H and O–H groups in total. The zero-order valence-corrected chi connectivity index (χ0v) is 9.32. The van der Waals surface area contributed by atoms with E-state index in [9.17, 15) is 9.59 Å². The Labute approximate surface area is 94.8 Å². The first kappa shape index (κ1) is 12.4. The van der Waals surface area contributed by atoms with Crippen LogP contribution in [0.25, 0.3) is 0 Å². The molecule has 1 aliphatic rings. The molecule has 16 heavy (non-hydrogen) atoms. The van der Waals surface area contributed by atoms with Crippen LogP contribution in [0.4, 0.5) is 4.79 Å². The second-order valence-corrected chi connectivity index (χ2v) is 3.60. The van der Waals surface area contributed by atoms with Gasteiger partial charge in [0.1, 0.15) is 6.04 Å². The Morgan fingerprint density at radius 1 is 1.56 bits per heavy atom. The zero-order valence-electron chi connectivity index (χ0n) is 9.32. The molecule has 0 aromatic rings. The van der Waals surface area contributed by atoms with Crippen LogP contribution in [0.1, 0.15) is 26.2 Å². The van der Waals surface area contributed by atoms with Crippen LogP contribution in [0.15, 0.2) is 0 Å². The molecule has 0 saturated carbocycles. The number of carboxylic acid groups (broad SMARTS) is 1. The van der Waals surface area contributed by atoms with Gasteiger partial charge in [0, 0.05) is 19.5 Å². The third-order valence-corrected chi connectivity index (χ3v) is 2.50. The van der Waals surface area contributed by atoms with Gasteiger partial charge in [0.25, 0.3) is 0 Å². The highest BCUT2D eigenvalue weighted by molar-refractivity contribution is 5.83. The molecule has 0 aliphatic carbocycles. The maximum Gasteiger partial charge on any atom is 0.326 e. The van der Waals surface area contributed by atoms with Gasteiger partial charge in [0.05, 0.1) is 0 Å². The summed E-state index contributed by atoms with van der Waals surface area (Å²) in [5.41, 5.74) is 0. The van der Waals surface area contributed by atoms with Gasteiger partial charge in [-0.15, -0.1) is 11.8 Å². The first-order valence-corrected chi connectivity index (χ1v) is 5.33. The van der Waals surface area contributed by atoms with E-state index in [1.54, 1.807) is 6.92 Å². The summed E-state index contributed by atoms with van der Waals surface area (Å²) in [4.78, 5) is 23.9. The van der Waals surface area contributed by atoms with E-state index in [2.05, 4.69) is 17.2 Å². The lowest BCUT2D eigenvalue weighted by atomic mass is 10.2. The summed E-state index contributed by atoms with van der Waals surface area (Å²) < 4.78 is 0. The van der Waals surface area contributed by atoms with E-state index in [4.69, 9.17) is 5.11 Å². The highest BCUT2D eigenvalue weighted by Gasteiger charge is 2.33. The Kier molecular flexibility index (Phi) is 4.65. The minimum absolute atomic E-state index is 0.303. The number of rotatable bonds is 3. The summed E-state index contributed by atoms with van der Waals surface area (Å²) in [7, 11) is 0. The van der Waals surface area contributed by atoms with Gasteiger partial charge in [-0.2, -0.15) is 0 Å². The number of hydrogen-bond donors (Lipinski definition) is 2. The smallest absolute Gasteiger partial charge is 0.326 e. The van der Waals surface area contributed by atoms with E-state index < -0.39 is 12.0 Å². The molecule has 1 atom stereocenters. The van der Waals surface area contributed by atoms with Gasteiger partial charge >= 0.3 is 12.0 Å². The molecule has 1 rings (SSSR count). The van der Waals surface area contributed by atoms with Gasteiger partial charge in [-0.25, -0.2) is 9.59 Å². The number of nitrogens with one attached hydrogen (secondary N) is 1. The van der Waals surface area contributed by atoms with Crippen LogP contribution in [-0.2, 0) is 4.79 Å². The molecular formula is C11H16N2O3. The Bertz CT molecular complexity index is 330. The van der Waals surface area contributed by atoms with Crippen LogP contribution in [0.3, 0.4) is 0 Å². The summed E-state index contributed by atoms with van der Waals surface area (Å²) in [6, 6.07) is -0.972. The molecule has 0 radical (unpaired) electrons. The van der Waals surface area contributed by atoms with Crippen LogP contribution in [-0.4, -0.2) is 41.1 Å². The van der Waals surface area contributed by atoms with Crippen molar-refractivity contribution in [2.45, 2.75) is 32.2 Å². The third kappa shape index (κ3) is 3.16. The maximum atomic E-state index is 11.6. The Balaban J connectivity index is 2.40. The monoisotopic (exact) mass is 224 g/mol. The van der Waals surface area contributed by atoms with E-state index in [1.165, 1.54) is 4.90 Å². The molecule has 88 valence electrons. The van der Waals surface area contributed by atoms with Crippen LogP contribution >= 0.6 is 0 Å². The van der Waals surface area contributed by atoms with Gasteiger partial charge < -0.3 is 15.3 Å².